The maximum atomic E-state index is 15.7. The summed E-state index contributed by atoms with van der Waals surface area (Å²) in [5.74, 6) is -5.20. The molecule has 0 spiro atoms. The number of piperidine rings is 2. The number of aromatic amines is 1. The summed E-state index contributed by atoms with van der Waals surface area (Å²) in [7, 11) is 0. The lowest BCUT2D eigenvalue weighted by molar-refractivity contribution is -0.0861. The van der Waals surface area contributed by atoms with Crippen LogP contribution in [0, 0.1) is 11.7 Å². The molecule has 2 saturated heterocycles. The molecular formula is C30H37F3N6O3. The van der Waals surface area contributed by atoms with Gasteiger partial charge < -0.3 is 25.2 Å². The van der Waals surface area contributed by atoms with Gasteiger partial charge in [-0.05, 0) is 71.5 Å². The van der Waals surface area contributed by atoms with Crippen molar-refractivity contribution in [1.82, 2.24) is 24.8 Å². The predicted octanol–water partition coefficient (Wildman–Crippen LogP) is 5.70. The summed E-state index contributed by atoms with van der Waals surface area (Å²) < 4.78 is 46.8. The SMILES string of the molecule is CC(C)N1CCC(c2cc3c(N[C@H](C)c4cccc(C(F)(F)C5CCN(C(=O)O)CC5)c4F)ncnc3[nH]c2=O)CC1. The zero-order chi connectivity index (χ0) is 30.2. The van der Waals surface area contributed by atoms with E-state index in [1.54, 1.807) is 13.0 Å². The molecule has 1 aromatic carbocycles. The fourth-order valence-corrected chi connectivity index (χ4v) is 6.26. The number of amides is 1. The lowest BCUT2D eigenvalue weighted by Gasteiger charge is -2.35. The van der Waals surface area contributed by atoms with E-state index in [-0.39, 0.29) is 43.0 Å². The number of nitrogens with zero attached hydrogens (tertiary/aromatic N) is 4. The van der Waals surface area contributed by atoms with Gasteiger partial charge >= 0.3 is 6.09 Å². The van der Waals surface area contributed by atoms with Crippen LogP contribution in [0.4, 0.5) is 23.8 Å². The molecule has 1 amide bonds. The molecule has 0 bridgehead atoms. The van der Waals surface area contributed by atoms with Crippen molar-refractivity contribution in [3.8, 4) is 0 Å². The van der Waals surface area contributed by atoms with Crippen LogP contribution in [0.2, 0.25) is 0 Å². The first-order chi connectivity index (χ1) is 20.0. The number of likely N-dealkylation sites (tertiary alicyclic amines) is 2. The quantitative estimate of drug-likeness (QED) is 0.325. The van der Waals surface area contributed by atoms with E-state index in [1.165, 1.54) is 18.5 Å². The third-order valence-corrected chi connectivity index (χ3v) is 8.86. The minimum Gasteiger partial charge on any atom is -0.465 e. The van der Waals surface area contributed by atoms with Gasteiger partial charge in [-0.3, -0.25) is 4.79 Å². The molecule has 3 N–H and O–H groups in total. The molecule has 1 atom stereocenters. The number of halogens is 3. The van der Waals surface area contributed by atoms with Crippen LogP contribution in [0.3, 0.4) is 0 Å². The van der Waals surface area contributed by atoms with E-state index in [1.807, 2.05) is 0 Å². The molecule has 4 heterocycles. The molecule has 42 heavy (non-hydrogen) atoms. The van der Waals surface area contributed by atoms with Crippen molar-refractivity contribution in [1.29, 1.82) is 0 Å². The van der Waals surface area contributed by atoms with E-state index in [0.717, 1.165) is 36.9 Å². The number of H-pyrrole nitrogens is 1. The van der Waals surface area contributed by atoms with Crippen LogP contribution in [-0.4, -0.2) is 68.2 Å². The fourth-order valence-electron chi connectivity index (χ4n) is 6.26. The number of aromatic nitrogens is 3. The number of nitrogens with one attached hydrogen (secondary N) is 2. The number of carboxylic acid groups (broad SMARTS) is 1. The molecule has 226 valence electrons. The van der Waals surface area contributed by atoms with E-state index in [4.69, 9.17) is 5.11 Å². The number of carbonyl (C=O) groups is 1. The Balaban J connectivity index is 1.39. The number of pyridine rings is 1. The number of anilines is 1. The molecule has 2 fully saturated rings. The highest BCUT2D eigenvalue weighted by molar-refractivity contribution is 5.86. The lowest BCUT2D eigenvalue weighted by atomic mass is 9.85. The number of fused-ring (bicyclic) bond motifs is 1. The van der Waals surface area contributed by atoms with Gasteiger partial charge in [0.1, 0.15) is 23.6 Å². The average Bonchev–Trinajstić information content (AvgIpc) is 2.97. The van der Waals surface area contributed by atoms with Gasteiger partial charge in [0.05, 0.1) is 17.0 Å². The van der Waals surface area contributed by atoms with Crippen molar-refractivity contribution >= 4 is 22.9 Å². The normalized spacial score (nSPS) is 18.5. The molecule has 0 saturated carbocycles. The zero-order valence-corrected chi connectivity index (χ0v) is 24.0. The Morgan fingerprint density at radius 3 is 2.43 bits per heavy atom. The topological polar surface area (TPSA) is 114 Å². The van der Waals surface area contributed by atoms with Crippen LogP contribution >= 0.6 is 0 Å². The number of rotatable bonds is 7. The van der Waals surface area contributed by atoms with Gasteiger partial charge in [-0.2, -0.15) is 0 Å². The Hall–Kier alpha value is -3.67. The molecule has 0 aliphatic carbocycles. The second-order valence-electron chi connectivity index (χ2n) is 11.7. The highest BCUT2D eigenvalue weighted by atomic mass is 19.3. The summed E-state index contributed by atoms with van der Waals surface area (Å²) in [5.41, 5.74) is 0.139. The number of benzene rings is 1. The van der Waals surface area contributed by atoms with E-state index in [2.05, 4.69) is 39.0 Å². The van der Waals surface area contributed by atoms with Crippen molar-refractivity contribution in [2.75, 3.05) is 31.5 Å². The first-order valence-electron chi connectivity index (χ1n) is 14.5. The third kappa shape index (κ3) is 5.81. The van der Waals surface area contributed by atoms with Crippen molar-refractivity contribution in [2.24, 2.45) is 5.92 Å². The minimum absolute atomic E-state index is 0.0173. The van der Waals surface area contributed by atoms with Gasteiger partial charge in [0.25, 0.3) is 11.5 Å². The minimum atomic E-state index is -3.47. The lowest BCUT2D eigenvalue weighted by Crippen LogP contribution is -2.42. The molecule has 12 heteroatoms. The summed E-state index contributed by atoms with van der Waals surface area (Å²) in [5, 5.41) is 12.9. The van der Waals surface area contributed by atoms with E-state index >= 15 is 13.2 Å². The summed E-state index contributed by atoms with van der Waals surface area (Å²) in [6.45, 7) is 7.73. The maximum Gasteiger partial charge on any atom is 0.407 e. The van der Waals surface area contributed by atoms with Gasteiger partial charge in [-0.25, -0.2) is 27.9 Å². The molecule has 9 nitrogen and oxygen atoms in total. The van der Waals surface area contributed by atoms with Gasteiger partial charge in [0, 0.05) is 36.2 Å². The highest BCUT2D eigenvalue weighted by Gasteiger charge is 2.45. The van der Waals surface area contributed by atoms with Crippen molar-refractivity contribution in [3.63, 3.8) is 0 Å². The highest BCUT2D eigenvalue weighted by Crippen LogP contribution is 2.43. The van der Waals surface area contributed by atoms with Crippen LogP contribution in [0.25, 0.3) is 11.0 Å². The third-order valence-electron chi connectivity index (χ3n) is 8.86. The monoisotopic (exact) mass is 586 g/mol. The molecule has 2 aliphatic heterocycles. The Bertz CT molecular complexity index is 1500. The molecule has 0 radical (unpaired) electrons. The Morgan fingerprint density at radius 2 is 1.79 bits per heavy atom. The van der Waals surface area contributed by atoms with Gasteiger partial charge in [0.15, 0.2) is 0 Å². The summed E-state index contributed by atoms with van der Waals surface area (Å²) in [4.78, 5) is 39.0. The molecule has 0 unspecified atom stereocenters. The van der Waals surface area contributed by atoms with Gasteiger partial charge in [-0.15, -0.1) is 0 Å². The summed E-state index contributed by atoms with van der Waals surface area (Å²) >= 11 is 0. The fraction of sp³-hybridized carbons (Fsp3) is 0.533. The second kappa shape index (κ2) is 11.9. The number of hydrogen-bond donors (Lipinski definition) is 3. The van der Waals surface area contributed by atoms with Gasteiger partial charge in [0.2, 0.25) is 0 Å². The van der Waals surface area contributed by atoms with Crippen LogP contribution in [0.1, 0.15) is 75.1 Å². The Morgan fingerprint density at radius 1 is 1.10 bits per heavy atom. The van der Waals surface area contributed by atoms with Crippen molar-refractivity contribution in [2.45, 2.75) is 70.4 Å². The molecular weight excluding hydrogens is 549 g/mol. The van der Waals surface area contributed by atoms with E-state index < -0.39 is 35.4 Å². The van der Waals surface area contributed by atoms with Crippen LogP contribution in [-0.2, 0) is 5.92 Å². The number of alkyl halides is 2. The smallest absolute Gasteiger partial charge is 0.407 e. The maximum absolute atomic E-state index is 15.7. The molecule has 2 aliphatic rings. The van der Waals surface area contributed by atoms with Crippen molar-refractivity contribution < 1.29 is 23.1 Å². The Labute approximate surface area is 242 Å². The van der Waals surface area contributed by atoms with E-state index in [9.17, 15) is 9.59 Å². The summed E-state index contributed by atoms with van der Waals surface area (Å²) in [6, 6.07) is 5.45. The van der Waals surface area contributed by atoms with Crippen LogP contribution < -0.4 is 10.9 Å². The largest absolute Gasteiger partial charge is 0.465 e. The van der Waals surface area contributed by atoms with Crippen LogP contribution in [0.15, 0.2) is 35.4 Å². The van der Waals surface area contributed by atoms with Crippen LogP contribution in [0.5, 0.6) is 0 Å². The second-order valence-corrected chi connectivity index (χ2v) is 11.7. The van der Waals surface area contributed by atoms with E-state index in [0.29, 0.717) is 28.5 Å². The number of hydrogen-bond acceptors (Lipinski definition) is 6. The Kier molecular flexibility index (Phi) is 8.45. The average molecular weight is 587 g/mol. The molecule has 3 aromatic rings. The first kappa shape index (κ1) is 29.8. The molecule has 5 rings (SSSR count). The van der Waals surface area contributed by atoms with Gasteiger partial charge in [-0.1, -0.05) is 18.2 Å². The zero-order valence-electron chi connectivity index (χ0n) is 24.0. The first-order valence-corrected chi connectivity index (χ1v) is 14.5. The standard InChI is InChI=1S/C30H37F3N6O3/c1-17(2)38-11-7-19(8-12-38)22-15-23-26(34-16-35-27(23)37-28(22)40)36-18(3)21-5-4-6-24(25(21)31)30(32,33)20-9-13-39(14-10-20)29(41)42/h4-6,15-20H,7-14H2,1-3H3,(H,41,42)(H2,34,35,36,37,40)/t18-/m1/s1. The predicted molar refractivity (Wildman–Crippen MR) is 153 cm³/mol. The van der Waals surface area contributed by atoms with Crippen molar-refractivity contribution in [3.05, 3.63) is 63.5 Å². The summed E-state index contributed by atoms with van der Waals surface area (Å²) in [6.07, 6.45) is 1.73. The molecule has 2 aromatic heterocycles.